The second kappa shape index (κ2) is 8.35. The van der Waals surface area contributed by atoms with Crippen LogP contribution >= 0.6 is 11.6 Å². The van der Waals surface area contributed by atoms with E-state index < -0.39 is 17.3 Å². The van der Waals surface area contributed by atoms with Gasteiger partial charge in [-0.3, -0.25) is 0 Å². The van der Waals surface area contributed by atoms with E-state index in [2.05, 4.69) is 5.32 Å². The molecule has 0 saturated carbocycles. The number of benzene rings is 3. The van der Waals surface area contributed by atoms with Crippen LogP contribution in [0.5, 0.6) is 0 Å². The normalized spacial score (nSPS) is 13.9. The third-order valence-corrected chi connectivity index (χ3v) is 4.79. The van der Waals surface area contributed by atoms with Gasteiger partial charge >= 0.3 is 6.18 Å². The van der Waals surface area contributed by atoms with Crippen molar-refractivity contribution in [3.8, 4) is 0 Å². The fourth-order valence-electron chi connectivity index (χ4n) is 3.06. The van der Waals surface area contributed by atoms with E-state index in [0.717, 1.165) is 12.1 Å². The summed E-state index contributed by atoms with van der Waals surface area (Å²) in [6.45, 7) is 0.307. The molecule has 28 heavy (non-hydrogen) atoms. The van der Waals surface area contributed by atoms with Crippen molar-refractivity contribution in [3.05, 3.63) is 106 Å². The monoisotopic (exact) mass is 405 g/mol. The highest BCUT2D eigenvalue weighted by Gasteiger charge is 2.32. The van der Waals surface area contributed by atoms with Crippen LogP contribution in [0, 0.1) is 0 Å². The molecule has 0 aliphatic rings. The Hall–Kier alpha value is -2.34. The van der Waals surface area contributed by atoms with E-state index in [1.807, 2.05) is 18.2 Å². The molecule has 0 bridgehead atoms. The standard InChI is InChI=1S/C22H19ClF3NO/c23-20-11-9-18(10-12-20)21(28,17-6-2-1-3-7-17)15-27-14-16-5-4-8-19(13-16)22(24,25)26/h1-13,27-28H,14-15H2/t21-/m0/s1. The summed E-state index contributed by atoms with van der Waals surface area (Å²) in [6.07, 6.45) is -4.38. The first-order valence-corrected chi connectivity index (χ1v) is 9.08. The molecule has 3 aromatic carbocycles. The highest BCUT2D eigenvalue weighted by atomic mass is 35.5. The summed E-state index contributed by atoms with van der Waals surface area (Å²) in [5, 5.41) is 15.1. The third-order valence-electron chi connectivity index (χ3n) is 4.54. The summed E-state index contributed by atoms with van der Waals surface area (Å²) >= 11 is 5.95. The highest BCUT2D eigenvalue weighted by Crippen LogP contribution is 2.31. The number of halogens is 4. The van der Waals surface area contributed by atoms with Gasteiger partial charge in [0.25, 0.3) is 0 Å². The van der Waals surface area contributed by atoms with Gasteiger partial charge in [0.05, 0.1) is 5.56 Å². The Morgan fingerprint density at radius 3 is 2.04 bits per heavy atom. The number of hydrogen-bond acceptors (Lipinski definition) is 2. The topological polar surface area (TPSA) is 32.3 Å². The molecule has 6 heteroatoms. The maximum absolute atomic E-state index is 12.9. The summed E-state index contributed by atoms with van der Waals surface area (Å²) in [5.74, 6) is 0. The van der Waals surface area contributed by atoms with E-state index in [1.54, 1.807) is 42.5 Å². The maximum Gasteiger partial charge on any atom is 0.416 e. The van der Waals surface area contributed by atoms with Gasteiger partial charge in [-0.1, -0.05) is 72.3 Å². The lowest BCUT2D eigenvalue weighted by Crippen LogP contribution is -2.39. The fraction of sp³-hybridized carbons (Fsp3) is 0.182. The zero-order valence-electron chi connectivity index (χ0n) is 14.9. The molecule has 0 saturated heterocycles. The number of alkyl halides is 3. The Morgan fingerprint density at radius 1 is 0.786 bits per heavy atom. The molecular weight excluding hydrogens is 387 g/mol. The van der Waals surface area contributed by atoms with Gasteiger partial charge in [0.1, 0.15) is 5.60 Å². The van der Waals surface area contributed by atoms with Crippen LogP contribution in [-0.4, -0.2) is 11.7 Å². The Kier molecular flexibility index (Phi) is 6.08. The van der Waals surface area contributed by atoms with Gasteiger partial charge in [0, 0.05) is 18.1 Å². The Morgan fingerprint density at radius 2 is 1.39 bits per heavy atom. The predicted octanol–water partition coefficient (Wildman–Crippen LogP) is 5.38. The summed E-state index contributed by atoms with van der Waals surface area (Å²) in [5.41, 5.74) is -0.245. The molecule has 0 spiro atoms. The van der Waals surface area contributed by atoms with Crippen LogP contribution in [0.25, 0.3) is 0 Å². The molecule has 3 aromatic rings. The van der Waals surface area contributed by atoms with Gasteiger partial charge in [0.2, 0.25) is 0 Å². The lowest BCUT2D eigenvalue weighted by molar-refractivity contribution is -0.137. The van der Waals surface area contributed by atoms with Gasteiger partial charge in [-0.05, 0) is 34.9 Å². The second-order valence-electron chi connectivity index (χ2n) is 6.53. The van der Waals surface area contributed by atoms with Crippen LogP contribution < -0.4 is 5.32 Å². The molecule has 0 aliphatic heterocycles. The van der Waals surface area contributed by atoms with Crippen molar-refractivity contribution >= 4 is 11.6 Å². The minimum absolute atomic E-state index is 0.120. The first kappa shape index (κ1) is 20.4. The summed E-state index contributed by atoms with van der Waals surface area (Å²) in [7, 11) is 0. The molecule has 0 unspecified atom stereocenters. The summed E-state index contributed by atoms with van der Waals surface area (Å²) in [4.78, 5) is 0. The van der Waals surface area contributed by atoms with Crippen molar-refractivity contribution in [2.24, 2.45) is 0 Å². The summed E-state index contributed by atoms with van der Waals surface area (Å²) < 4.78 is 38.7. The first-order valence-electron chi connectivity index (χ1n) is 8.70. The average Bonchev–Trinajstić information content (AvgIpc) is 2.68. The van der Waals surface area contributed by atoms with Crippen LogP contribution in [0.3, 0.4) is 0 Å². The molecule has 2 nitrogen and oxygen atoms in total. The smallest absolute Gasteiger partial charge is 0.379 e. The van der Waals surface area contributed by atoms with Gasteiger partial charge in [-0.25, -0.2) is 0 Å². The molecule has 0 aliphatic carbocycles. The van der Waals surface area contributed by atoms with Gasteiger partial charge < -0.3 is 10.4 Å². The van der Waals surface area contributed by atoms with E-state index in [1.165, 1.54) is 6.07 Å². The molecule has 146 valence electrons. The van der Waals surface area contributed by atoms with Crippen molar-refractivity contribution < 1.29 is 18.3 Å². The largest absolute Gasteiger partial charge is 0.416 e. The Bertz CT molecular complexity index is 913. The SMILES string of the molecule is O[C@@](CNCc1cccc(C(F)(F)F)c1)(c1ccccc1)c1ccc(Cl)cc1. The van der Waals surface area contributed by atoms with Crippen LogP contribution in [0.2, 0.25) is 5.02 Å². The van der Waals surface area contributed by atoms with Gasteiger partial charge in [-0.15, -0.1) is 0 Å². The van der Waals surface area contributed by atoms with E-state index in [-0.39, 0.29) is 13.1 Å². The lowest BCUT2D eigenvalue weighted by atomic mass is 9.86. The molecule has 0 radical (unpaired) electrons. The average molecular weight is 406 g/mol. The zero-order chi connectivity index (χ0) is 20.2. The van der Waals surface area contributed by atoms with E-state index in [9.17, 15) is 18.3 Å². The molecule has 1 atom stereocenters. The fourth-order valence-corrected chi connectivity index (χ4v) is 3.18. The number of nitrogens with one attached hydrogen (secondary N) is 1. The maximum atomic E-state index is 12.9. The van der Waals surface area contributed by atoms with Crippen molar-refractivity contribution in [3.63, 3.8) is 0 Å². The lowest BCUT2D eigenvalue weighted by Gasteiger charge is -2.30. The molecule has 0 heterocycles. The first-order chi connectivity index (χ1) is 13.3. The molecular formula is C22H19ClF3NO. The number of hydrogen-bond donors (Lipinski definition) is 2. The zero-order valence-corrected chi connectivity index (χ0v) is 15.6. The van der Waals surface area contributed by atoms with Crippen molar-refractivity contribution in [2.45, 2.75) is 18.3 Å². The van der Waals surface area contributed by atoms with Crippen molar-refractivity contribution in [1.82, 2.24) is 5.32 Å². The van der Waals surface area contributed by atoms with Crippen LogP contribution in [-0.2, 0) is 18.3 Å². The van der Waals surface area contributed by atoms with E-state index >= 15 is 0 Å². The quantitative estimate of drug-likeness (QED) is 0.576. The van der Waals surface area contributed by atoms with Crippen LogP contribution in [0.15, 0.2) is 78.9 Å². The molecule has 2 N–H and O–H groups in total. The number of rotatable bonds is 6. The van der Waals surface area contributed by atoms with Crippen molar-refractivity contribution in [1.29, 1.82) is 0 Å². The van der Waals surface area contributed by atoms with Gasteiger partial charge in [-0.2, -0.15) is 13.2 Å². The van der Waals surface area contributed by atoms with Crippen molar-refractivity contribution in [2.75, 3.05) is 6.54 Å². The minimum atomic E-state index is -4.38. The molecule has 0 amide bonds. The highest BCUT2D eigenvalue weighted by molar-refractivity contribution is 6.30. The van der Waals surface area contributed by atoms with E-state index in [4.69, 9.17) is 11.6 Å². The minimum Gasteiger partial charge on any atom is -0.379 e. The molecule has 0 fully saturated rings. The Labute approximate surface area is 166 Å². The number of aliphatic hydroxyl groups is 1. The van der Waals surface area contributed by atoms with Crippen LogP contribution in [0.4, 0.5) is 13.2 Å². The third kappa shape index (κ3) is 4.73. The van der Waals surface area contributed by atoms with Gasteiger partial charge in [0.15, 0.2) is 0 Å². The second-order valence-corrected chi connectivity index (χ2v) is 6.97. The van der Waals surface area contributed by atoms with E-state index in [0.29, 0.717) is 21.7 Å². The van der Waals surface area contributed by atoms with Crippen LogP contribution in [0.1, 0.15) is 22.3 Å². The Balaban J connectivity index is 1.81. The predicted molar refractivity (Wildman–Crippen MR) is 104 cm³/mol. The molecule has 0 aromatic heterocycles. The molecule has 3 rings (SSSR count). The summed E-state index contributed by atoms with van der Waals surface area (Å²) in [6, 6.07) is 21.1.